The molecular formula is C20H23N5O. The number of fused-ring (bicyclic) bond motifs is 1. The highest BCUT2D eigenvalue weighted by molar-refractivity contribution is 5.84. The normalized spacial score (nSPS) is 11.2. The Morgan fingerprint density at radius 3 is 2.62 bits per heavy atom. The molecule has 0 saturated carbocycles. The van der Waals surface area contributed by atoms with E-state index in [2.05, 4.69) is 46.4 Å². The van der Waals surface area contributed by atoms with Crippen molar-refractivity contribution in [3.8, 4) is 0 Å². The highest BCUT2D eigenvalue weighted by Crippen LogP contribution is 2.14. The van der Waals surface area contributed by atoms with Crippen LogP contribution in [0, 0.1) is 0 Å². The molecule has 3 aromatic rings. The number of carbonyl (C=O) groups excluding carboxylic acids is 1. The summed E-state index contributed by atoms with van der Waals surface area (Å²) in [4.78, 5) is 18.6. The fourth-order valence-corrected chi connectivity index (χ4v) is 2.87. The van der Waals surface area contributed by atoms with Crippen LogP contribution in [0.1, 0.15) is 19.4 Å². The predicted octanol–water partition coefficient (Wildman–Crippen LogP) is 3.03. The molecule has 0 atom stereocenters. The van der Waals surface area contributed by atoms with Gasteiger partial charge in [-0.2, -0.15) is 5.10 Å². The van der Waals surface area contributed by atoms with Crippen LogP contribution < -0.4 is 10.3 Å². The zero-order valence-corrected chi connectivity index (χ0v) is 15.1. The number of rotatable bonds is 7. The predicted molar refractivity (Wildman–Crippen MR) is 105 cm³/mol. The van der Waals surface area contributed by atoms with E-state index in [4.69, 9.17) is 0 Å². The summed E-state index contributed by atoms with van der Waals surface area (Å²) < 4.78 is 1.80. The van der Waals surface area contributed by atoms with Crippen LogP contribution in [0.15, 0.2) is 60.0 Å². The van der Waals surface area contributed by atoms with Crippen molar-refractivity contribution in [2.45, 2.75) is 20.4 Å². The van der Waals surface area contributed by atoms with Crippen LogP contribution in [0.5, 0.6) is 0 Å². The minimum atomic E-state index is -0.191. The number of hydrogen-bond donors (Lipinski definition) is 1. The quantitative estimate of drug-likeness (QED) is 0.527. The first kappa shape index (κ1) is 17.7. The fourth-order valence-electron chi connectivity index (χ4n) is 2.87. The Hall–Kier alpha value is -3.15. The van der Waals surface area contributed by atoms with Gasteiger partial charge in [-0.15, -0.1) is 0 Å². The zero-order valence-electron chi connectivity index (χ0n) is 15.1. The van der Waals surface area contributed by atoms with Gasteiger partial charge in [-0.1, -0.05) is 24.3 Å². The van der Waals surface area contributed by atoms with Gasteiger partial charge >= 0.3 is 0 Å². The van der Waals surface area contributed by atoms with Gasteiger partial charge in [-0.25, -0.2) is 10.4 Å². The Bertz CT molecular complexity index is 894. The van der Waals surface area contributed by atoms with Gasteiger partial charge in [0.2, 0.25) is 0 Å². The molecule has 0 bridgehead atoms. The lowest BCUT2D eigenvalue weighted by Crippen LogP contribution is -2.23. The molecule has 0 fully saturated rings. The molecule has 1 N–H and O–H groups in total. The average molecular weight is 349 g/mol. The van der Waals surface area contributed by atoms with Gasteiger partial charge in [0.25, 0.3) is 5.91 Å². The summed E-state index contributed by atoms with van der Waals surface area (Å²) in [5.74, 6) is -0.191. The molecule has 26 heavy (non-hydrogen) atoms. The Balaban J connectivity index is 1.57. The molecular weight excluding hydrogens is 326 g/mol. The Kier molecular flexibility index (Phi) is 5.63. The third-order valence-electron chi connectivity index (χ3n) is 4.27. The number of carbonyl (C=O) groups is 1. The molecule has 0 spiro atoms. The lowest BCUT2D eigenvalue weighted by atomic mass is 10.2. The fraction of sp³-hybridized carbons (Fsp3) is 0.250. The van der Waals surface area contributed by atoms with Gasteiger partial charge in [0, 0.05) is 18.8 Å². The molecule has 0 radical (unpaired) electrons. The summed E-state index contributed by atoms with van der Waals surface area (Å²) >= 11 is 0. The summed E-state index contributed by atoms with van der Waals surface area (Å²) in [5.41, 5.74) is 6.49. The van der Waals surface area contributed by atoms with E-state index in [0.29, 0.717) is 0 Å². The Morgan fingerprint density at radius 2 is 1.88 bits per heavy atom. The molecule has 3 rings (SSSR count). The van der Waals surface area contributed by atoms with Crippen LogP contribution in [0.3, 0.4) is 0 Å². The number of nitrogens with one attached hydrogen (secondary N) is 1. The van der Waals surface area contributed by atoms with Crippen LogP contribution in [-0.4, -0.2) is 34.8 Å². The molecule has 1 aromatic heterocycles. The molecule has 6 heteroatoms. The number of imidazole rings is 1. The number of hydrazone groups is 1. The van der Waals surface area contributed by atoms with E-state index in [9.17, 15) is 4.79 Å². The van der Waals surface area contributed by atoms with E-state index in [1.807, 2.05) is 36.4 Å². The number of amides is 1. The van der Waals surface area contributed by atoms with Crippen LogP contribution >= 0.6 is 0 Å². The first-order valence-electron chi connectivity index (χ1n) is 8.78. The van der Waals surface area contributed by atoms with Crippen LogP contribution in [0.25, 0.3) is 11.0 Å². The lowest BCUT2D eigenvalue weighted by Gasteiger charge is -2.20. The van der Waals surface area contributed by atoms with Crippen molar-refractivity contribution in [2.75, 3.05) is 18.0 Å². The van der Waals surface area contributed by atoms with Crippen molar-refractivity contribution in [1.29, 1.82) is 0 Å². The molecule has 0 aliphatic heterocycles. The number of aromatic nitrogens is 2. The third-order valence-corrected chi connectivity index (χ3v) is 4.27. The molecule has 0 aliphatic rings. The van der Waals surface area contributed by atoms with Gasteiger partial charge in [-0.05, 0) is 43.7 Å². The maximum Gasteiger partial charge on any atom is 0.260 e. The SMILES string of the molecule is CCN(CC)c1ccc(/C=N\NC(=O)Cn2cnc3ccccc32)cc1. The van der Waals surface area contributed by atoms with Crippen LogP contribution in [-0.2, 0) is 11.3 Å². The molecule has 1 amide bonds. The van der Waals surface area contributed by atoms with E-state index < -0.39 is 0 Å². The van der Waals surface area contributed by atoms with E-state index in [-0.39, 0.29) is 12.5 Å². The molecule has 0 aliphatic carbocycles. The molecule has 134 valence electrons. The smallest absolute Gasteiger partial charge is 0.260 e. The molecule has 0 saturated heterocycles. The highest BCUT2D eigenvalue weighted by atomic mass is 16.2. The van der Waals surface area contributed by atoms with Crippen molar-refractivity contribution >= 4 is 28.8 Å². The monoisotopic (exact) mass is 349 g/mol. The van der Waals surface area contributed by atoms with Crippen molar-refractivity contribution in [3.05, 3.63) is 60.4 Å². The maximum absolute atomic E-state index is 12.1. The van der Waals surface area contributed by atoms with E-state index in [1.54, 1.807) is 17.1 Å². The van der Waals surface area contributed by atoms with Gasteiger partial charge in [0.1, 0.15) is 6.54 Å². The minimum Gasteiger partial charge on any atom is -0.372 e. The summed E-state index contributed by atoms with van der Waals surface area (Å²) in [7, 11) is 0. The third kappa shape index (κ3) is 4.08. The van der Waals surface area contributed by atoms with E-state index >= 15 is 0 Å². The number of hydrogen-bond acceptors (Lipinski definition) is 4. The van der Waals surface area contributed by atoms with E-state index in [1.165, 1.54) is 5.69 Å². The van der Waals surface area contributed by atoms with Crippen molar-refractivity contribution in [3.63, 3.8) is 0 Å². The summed E-state index contributed by atoms with van der Waals surface area (Å²) in [5, 5.41) is 4.05. The van der Waals surface area contributed by atoms with Crippen LogP contribution in [0.2, 0.25) is 0 Å². The van der Waals surface area contributed by atoms with E-state index in [0.717, 1.165) is 29.7 Å². The standard InChI is InChI=1S/C20H23N5O/c1-3-24(4-2)17-11-9-16(10-12-17)13-22-23-20(26)14-25-15-21-18-7-5-6-8-19(18)25/h5-13,15H,3-4,14H2,1-2H3,(H,23,26)/b22-13-. The van der Waals surface area contributed by atoms with Crippen LogP contribution in [0.4, 0.5) is 5.69 Å². The average Bonchev–Trinajstić information content (AvgIpc) is 3.07. The zero-order chi connectivity index (χ0) is 18.4. The number of nitrogens with zero attached hydrogens (tertiary/aromatic N) is 4. The summed E-state index contributed by atoms with van der Waals surface area (Å²) in [6.07, 6.45) is 3.32. The number of anilines is 1. The topological polar surface area (TPSA) is 62.5 Å². The second-order valence-corrected chi connectivity index (χ2v) is 5.92. The molecule has 1 heterocycles. The minimum absolute atomic E-state index is 0.179. The molecule has 6 nitrogen and oxygen atoms in total. The van der Waals surface area contributed by atoms with Gasteiger partial charge in [0.05, 0.1) is 23.6 Å². The lowest BCUT2D eigenvalue weighted by molar-refractivity contribution is -0.121. The highest BCUT2D eigenvalue weighted by Gasteiger charge is 2.06. The second kappa shape index (κ2) is 8.29. The summed E-state index contributed by atoms with van der Waals surface area (Å²) in [6, 6.07) is 15.8. The maximum atomic E-state index is 12.1. The first-order valence-corrected chi connectivity index (χ1v) is 8.78. The number of para-hydroxylation sites is 2. The molecule has 0 unspecified atom stereocenters. The van der Waals surface area contributed by atoms with Crippen molar-refractivity contribution < 1.29 is 4.79 Å². The molecule has 2 aromatic carbocycles. The Morgan fingerprint density at radius 1 is 1.15 bits per heavy atom. The van der Waals surface area contributed by atoms with Crippen molar-refractivity contribution in [2.24, 2.45) is 5.10 Å². The van der Waals surface area contributed by atoms with Gasteiger partial charge in [0.15, 0.2) is 0 Å². The van der Waals surface area contributed by atoms with Crippen molar-refractivity contribution in [1.82, 2.24) is 15.0 Å². The Labute approximate surface area is 153 Å². The second-order valence-electron chi connectivity index (χ2n) is 5.92. The van der Waals surface area contributed by atoms with Gasteiger partial charge in [-0.3, -0.25) is 4.79 Å². The summed E-state index contributed by atoms with van der Waals surface area (Å²) in [6.45, 7) is 6.40. The largest absolute Gasteiger partial charge is 0.372 e. The first-order chi connectivity index (χ1) is 12.7. The van der Waals surface area contributed by atoms with Gasteiger partial charge < -0.3 is 9.47 Å². The number of benzene rings is 2.